The maximum absolute atomic E-state index is 9.19. The van der Waals surface area contributed by atoms with E-state index < -0.39 is 0 Å². The van der Waals surface area contributed by atoms with Crippen LogP contribution in [0.15, 0.2) is 12.1 Å². The third-order valence-electron chi connectivity index (χ3n) is 2.56. The second-order valence-electron chi connectivity index (χ2n) is 4.42. The van der Waals surface area contributed by atoms with Crippen LogP contribution in [0, 0.1) is 6.92 Å². The van der Waals surface area contributed by atoms with Crippen molar-refractivity contribution in [3.05, 3.63) is 23.4 Å². The highest BCUT2D eigenvalue weighted by atomic mass is 16.3. The molecule has 0 spiro atoms. The summed E-state index contributed by atoms with van der Waals surface area (Å²) in [6.07, 6.45) is 1.10. The molecule has 0 aliphatic heterocycles. The molecule has 0 saturated carbocycles. The Morgan fingerprint density at radius 1 is 1.38 bits per heavy atom. The first-order chi connectivity index (χ1) is 7.58. The van der Waals surface area contributed by atoms with Crippen LogP contribution in [-0.2, 0) is 6.61 Å². The fourth-order valence-corrected chi connectivity index (χ4v) is 1.84. The molecule has 1 rings (SSSR count). The molecule has 0 atom stereocenters. The summed E-state index contributed by atoms with van der Waals surface area (Å²) in [6.45, 7) is 9.54. The zero-order chi connectivity index (χ0) is 12.1. The standard InChI is InChI=1S/C13H22N2O/c1-5-6-15(10(2)3)13-8-12(9-16)7-11(4)14-13/h7-8,10,16H,5-6,9H2,1-4H3. The van der Waals surface area contributed by atoms with Crippen LogP contribution in [0.1, 0.15) is 38.4 Å². The van der Waals surface area contributed by atoms with Crippen LogP contribution in [0.3, 0.4) is 0 Å². The monoisotopic (exact) mass is 222 g/mol. The number of hydrogen-bond donors (Lipinski definition) is 1. The van der Waals surface area contributed by atoms with E-state index in [0.717, 1.165) is 30.0 Å². The largest absolute Gasteiger partial charge is 0.392 e. The number of hydrogen-bond acceptors (Lipinski definition) is 3. The van der Waals surface area contributed by atoms with Crippen molar-refractivity contribution >= 4 is 5.82 Å². The zero-order valence-electron chi connectivity index (χ0n) is 10.7. The quantitative estimate of drug-likeness (QED) is 0.831. The number of rotatable bonds is 5. The molecule has 0 aliphatic carbocycles. The van der Waals surface area contributed by atoms with Gasteiger partial charge in [0, 0.05) is 18.3 Å². The Kier molecular flexibility index (Phi) is 4.74. The average molecular weight is 222 g/mol. The van der Waals surface area contributed by atoms with Gasteiger partial charge >= 0.3 is 0 Å². The molecule has 1 N–H and O–H groups in total. The number of aliphatic hydroxyl groups excluding tert-OH is 1. The Morgan fingerprint density at radius 3 is 2.56 bits per heavy atom. The number of aliphatic hydroxyl groups is 1. The van der Waals surface area contributed by atoms with Crippen molar-refractivity contribution in [1.82, 2.24) is 4.98 Å². The van der Waals surface area contributed by atoms with Crippen molar-refractivity contribution in [2.75, 3.05) is 11.4 Å². The van der Waals surface area contributed by atoms with Crippen molar-refractivity contribution in [2.24, 2.45) is 0 Å². The predicted octanol–water partition coefficient (Wildman–Crippen LogP) is 2.51. The lowest BCUT2D eigenvalue weighted by atomic mass is 10.2. The first-order valence-electron chi connectivity index (χ1n) is 5.93. The van der Waals surface area contributed by atoms with Gasteiger partial charge < -0.3 is 10.0 Å². The highest BCUT2D eigenvalue weighted by Crippen LogP contribution is 2.17. The molecular weight excluding hydrogens is 200 g/mol. The van der Waals surface area contributed by atoms with E-state index in [9.17, 15) is 5.11 Å². The summed E-state index contributed by atoms with van der Waals surface area (Å²) < 4.78 is 0. The van der Waals surface area contributed by atoms with E-state index in [4.69, 9.17) is 0 Å². The van der Waals surface area contributed by atoms with Gasteiger partial charge in [0.05, 0.1) is 6.61 Å². The third-order valence-corrected chi connectivity index (χ3v) is 2.56. The minimum atomic E-state index is 0.0778. The molecule has 90 valence electrons. The van der Waals surface area contributed by atoms with Gasteiger partial charge in [-0.3, -0.25) is 0 Å². The molecule has 1 aromatic rings. The lowest BCUT2D eigenvalue weighted by Gasteiger charge is -2.28. The van der Waals surface area contributed by atoms with Crippen LogP contribution < -0.4 is 4.90 Å². The second kappa shape index (κ2) is 5.85. The van der Waals surface area contributed by atoms with E-state index in [2.05, 4.69) is 30.7 Å². The Bertz CT molecular complexity index is 337. The highest BCUT2D eigenvalue weighted by molar-refractivity contribution is 5.43. The zero-order valence-corrected chi connectivity index (χ0v) is 10.7. The van der Waals surface area contributed by atoms with Crippen LogP contribution >= 0.6 is 0 Å². The predicted molar refractivity (Wildman–Crippen MR) is 67.7 cm³/mol. The molecular formula is C13H22N2O. The molecule has 0 unspecified atom stereocenters. The summed E-state index contributed by atoms with van der Waals surface area (Å²) in [5.41, 5.74) is 1.90. The van der Waals surface area contributed by atoms with Crippen LogP contribution in [0.4, 0.5) is 5.82 Å². The topological polar surface area (TPSA) is 36.4 Å². The third kappa shape index (κ3) is 3.20. The number of aryl methyl sites for hydroxylation is 1. The van der Waals surface area contributed by atoms with Crippen molar-refractivity contribution in [3.63, 3.8) is 0 Å². The minimum Gasteiger partial charge on any atom is -0.392 e. The van der Waals surface area contributed by atoms with Crippen LogP contribution in [-0.4, -0.2) is 22.7 Å². The van der Waals surface area contributed by atoms with Crippen molar-refractivity contribution in [1.29, 1.82) is 0 Å². The molecule has 1 aromatic heterocycles. The van der Waals surface area contributed by atoms with E-state index in [1.165, 1.54) is 0 Å². The SMILES string of the molecule is CCCN(c1cc(CO)cc(C)n1)C(C)C. The summed E-state index contributed by atoms with van der Waals surface area (Å²) in [7, 11) is 0. The number of anilines is 1. The number of pyridine rings is 1. The molecule has 3 nitrogen and oxygen atoms in total. The van der Waals surface area contributed by atoms with Gasteiger partial charge in [-0.15, -0.1) is 0 Å². The van der Waals surface area contributed by atoms with E-state index >= 15 is 0 Å². The fraction of sp³-hybridized carbons (Fsp3) is 0.615. The molecule has 1 heterocycles. The summed E-state index contributed by atoms with van der Waals surface area (Å²) in [4.78, 5) is 6.81. The van der Waals surface area contributed by atoms with Gasteiger partial charge in [0.15, 0.2) is 0 Å². The molecule has 0 fully saturated rings. The van der Waals surface area contributed by atoms with Gasteiger partial charge in [0.25, 0.3) is 0 Å². The molecule has 3 heteroatoms. The summed E-state index contributed by atoms with van der Waals surface area (Å²) in [6, 6.07) is 4.33. The van der Waals surface area contributed by atoms with Crippen LogP contribution in [0.2, 0.25) is 0 Å². The number of nitrogens with zero attached hydrogens (tertiary/aromatic N) is 2. The molecule has 0 aromatic carbocycles. The minimum absolute atomic E-state index is 0.0778. The lowest BCUT2D eigenvalue weighted by Crippen LogP contribution is -2.32. The molecule has 0 radical (unpaired) electrons. The van der Waals surface area contributed by atoms with E-state index in [0.29, 0.717) is 6.04 Å². The molecule has 0 aliphatic rings. The Labute approximate surface area is 98.1 Å². The van der Waals surface area contributed by atoms with Gasteiger partial charge in [0.1, 0.15) is 5.82 Å². The van der Waals surface area contributed by atoms with Crippen LogP contribution in [0.5, 0.6) is 0 Å². The summed E-state index contributed by atoms with van der Waals surface area (Å²) in [5, 5.41) is 9.19. The fourth-order valence-electron chi connectivity index (χ4n) is 1.84. The van der Waals surface area contributed by atoms with E-state index in [-0.39, 0.29) is 6.61 Å². The molecule has 0 bridgehead atoms. The Balaban J connectivity index is 3.03. The second-order valence-corrected chi connectivity index (χ2v) is 4.42. The first-order valence-corrected chi connectivity index (χ1v) is 5.93. The van der Waals surface area contributed by atoms with Gasteiger partial charge in [-0.05, 0) is 44.9 Å². The Hall–Kier alpha value is -1.09. The van der Waals surface area contributed by atoms with Gasteiger partial charge in [0.2, 0.25) is 0 Å². The summed E-state index contributed by atoms with van der Waals surface area (Å²) >= 11 is 0. The maximum atomic E-state index is 9.19. The smallest absolute Gasteiger partial charge is 0.129 e. The number of aromatic nitrogens is 1. The maximum Gasteiger partial charge on any atom is 0.129 e. The van der Waals surface area contributed by atoms with E-state index in [1.807, 2.05) is 19.1 Å². The molecule has 16 heavy (non-hydrogen) atoms. The van der Waals surface area contributed by atoms with Gasteiger partial charge in [-0.25, -0.2) is 4.98 Å². The Morgan fingerprint density at radius 2 is 2.06 bits per heavy atom. The molecule has 0 saturated heterocycles. The summed E-state index contributed by atoms with van der Waals surface area (Å²) in [5.74, 6) is 0.973. The van der Waals surface area contributed by atoms with Crippen molar-refractivity contribution in [3.8, 4) is 0 Å². The van der Waals surface area contributed by atoms with Crippen molar-refractivity contribution < 1.29 is 5.11 Å². The first kappa shape index (κ1) is 13.0. The average Bonchev–Trinajstić information content (AvgIpc) is 2.24. The normalized spacial score (nSPS) is 10.9. The van der Waals surface area contributed by atoms with Gasteiger partial charge in [-0.2, -0.15) is 0 Å². The van der Waals surface area contributed by atoms with Gasteiger partial charge in [-0.1, -0.05) is 6.92 Å². The van der Waals surface area contributed by atoms with E-state index in [1.54, 1.807) is 0 Å². The lowest BCUT2D eigenvalue weighted by molar-refractivity contribution is 0.281. The van der Waals surface area contributed by atoms with Crippen molar-refractivity contribution in [2.45, 2.75) is 46.8 Å². The molecule has 0 amide bonds. The van der Waals surface area contributed by atoms with Crippen LogP contribution in [0.25, 0.3) is 0 Å². The highest BCUT2D eigenvalue weighted by Gasteiger charge is 2.11.